The van der Waals surface area contributed by atoms with E-state index in [1.165, 1.54) is 0 Å². The zero-order valence-electron chi connectivity index (χ0n) is 9.66. The van der Waals surface area contributed by atoms with Gasteiger partial charge in [-0.3, -0.25) is 0 Å². The van der Waals surface area contributed by atoms with Crippen molar-refractivity contribution in [1.82, 2.24) is 0 Å². The number of hydrogen-bond donors (Lipinski definition) is 1. The Bertz CT molecular complexity index is 460. The minimum Gasteiger partial charge on any atom is -0.432 e. The molecular formula is C11H12F3N3O. The Balaban J connectivity index is 3.01. The molecule has 0 unspecified atom stereocenters. The van der Waals surface area contributed by atoms with E-state index in [9.17, 15) is 13.2 Å². The molecule has 0 spiro atoms. The van der Waals surface area contributed by atoms with Crippen molar-refractivity contribution < 1.29 is 17.9 Å². The van der Waals surface area contributed by atoms with Crippen LogP contribution in [0.25, 0.3) is 0 Å². The van der Waals surface area contributed by atoms with E-state index < -0.39 is 18.2 Å². The first-order chi connectivity index (χ1) is 8.45. The van der Waals surface area contributed by atoms with Gasteiger partial charge < -0.3 is 15.4 Å². The molecule has 0 saturated carbocycles. The third kappa shape index (κ3) is 3.45. The molecule has 18 heavy (non-hydrogen) atoms. The molecular weight excluding hydrogens is 247 g/mol. The molecule has 2 N–H and O–H groups in total. The summed E-state index contributed by atoms with van der Waals surface area (Å²) >= 11 is 0. The maximum atomic E-state index is 13.3. The molecule has 4 nitrogen and oxygen atoms in total. The molecule has 1 rings (SSSR count). The number of nitrogens with zero attached hydrogens (tertiary/aromatic N) is 2. The van der Waals surface area contributed by atoms with E-state index in [4.69, 9.17) is 11.0 Å². The van der Waals surface area contributed by atoms with Gasteiger partial charge in [-0.1, -0.05) is 0 Å². The summed E-state index contributed by atoms with van der Waals surface area (Å²) in [6.45, 7) is -2.76. The van der Waals surface area contributed by atoms with Crippen LogP contribution in [0.5, 0.6) is 5.75 Å². The van der Waals surface area contributed by atoms with Gasteiger partial charge in [0.2, 0.25) is 0 Å². The van der Waals surface area contributed by atoms with Crippen molar-refractivity contribution in [3.8, 4) is 11.8 Å². The molecule has 0 aliphatic heterocycles. The summed E-state index contributed by atoms with van der Waals surface area (Å²) in [5.74, 6) is -1.52. The lowest BCUT2D eigenvalue weighted by molar-refractivity contribution is -0.0521. The summed E-state index contributed by atoms with van der Waals surface area (Å²) in [5.41, 5.74) is 6.01. The normalized spacial score (nSPS) is 10.2. The topological polar surface area (TPSA) is 62.3 Å². The number of rotatable bonds is 5. The van der Waals surface area contributed by atoms with Crippen LogP contribution in [0.4, 0.5) is 24.5 Å². The van der Waals surface area contributed by atoms with Crippen LogP contribution < -0.4 is 15.4 Å². The highest BCUT2D eigenvalue weighted by molar-refractivity contribution is 5.69. The predicted octanol–water partition coefficient (Wildman–Crippen LogP) is 2.36. The van der Waals surface area contributed by atoms with E-state index in [1.807, 2.05) is 6.07 Å². The van der Waals surface area contributed by atoms with Crippen LogP contribution in [-0.2, 0) is 0 Å². The fourth-order valence-corrected chi connectivity index (χ4v) is 1.41. The number of halogens is 3. The quantitative estimate of drug-likeness (QED) is 0.824. The van der Waals surface area contributed by atoms with Crippen LogP contribution in [0.2, 0.25) is 0 Å². The van der Waals surface area contributed by atoms with E-state index in [-0.39, 0.29) is 12.1 Å². The molecule has 0 amide bonds. The third-order valence-electron chi connectivity index (χ3n) is 2.27. The van der Waals surface area contributed by atoms with Gasteiger partial charge in [-0.15, -0.1) is 0 Å². The van der Waals surface area contributed by atoms with Gasteiger partial charge in [0.1, 0.15) is 0 Å². The minimum atomic E-state index is -3.11. The zero-order chi connectivity index (χ0) is 13.7. The van der Waals surface area contributed by atoms with E-state index in [0.717, 1.165) is 12.1 Å². The van der Waals surface area contributed by atoms with Gasteiger partial charge in [0.25, 0.3) is 0 Å². The van der Waals surface area contributed by atoms with Gasteiger partial charge in [0, 0.05) is 25.7 Å². The molecule has 7 heteroatoms. The predicted molar refractivity (Wildman–Crippen MR) is 60.9 cm³/mol. The minimum absolute atomic E-state index is 0.0922. The summed E-state index contributed by atoms with van der Waals surface area (Å²) in [6.07, 6.45) is 0.234. The first kappa shape index (κ1) is 14.0. The summed E-state index contributed by atoms with van der Waals surface area (Å²) in [5, 5.41) is 8.46. The van der Waals surface area contributed by atoms with Crippen molar-refractivity contribution >= 4 is 11.4 Å². The van der Waals surface area contributed by atoms with Gasteiger partial charge in [-0.05, 0) is 0 Å². The van der Waals surface area contributed by atoms with Gasteiger partial charge in [-0.25, -0.2) is 4.39 Å². The van der Waals surface area contributed by atoms with E-state index >= 15 is 0 Å². The third-order valence-corrected chi connectivity index (χ3v) is 2.27. The van der Waals surface area contributed by atoms with Crippen LogP contribution >= 0.6 is 0 Å². The zero-order valence-corrected chi connectivity index (χ0v) is 9.66. The molecule has 1 aromatic carbocycles. The second-order valence-corrected chi connectivity index (χ2v) is 3.55. The molecule has 0 saturated heterocycles. The number of anilines is 2. The van der Waals surface area contributed by atoms with Crippen molar-refractivity contribution in [2.45, 2.75) is 13.0 Å². The van der Waals surface area contributed by atoms with Gasteiger partial charge >= 0.3 is 6.61 Å². The van der Waals surface area contributed by atoms with E-state index in [0.29, 0.717) is 12.2 Å². The number of nitrogen functional groups attached to an aromatic ring is 1. The summed E-state index contributed by atoms with van der Waals surface area (Å²) in [7, 11) is 1.62. The standard InChI is InChI=1S/C11H12F3N3O/c1-17(4-2-3-15)9-6-10(18-11(13)14)7(12)5-8(9)16/h5-6,11H,2,4,16H2,1H3. The SMILES string of the molecule is CN(CCC#N)c1cc(OC(F)F)c(F)cc1N. The molecule has 0 aromatic heterocycles. The lowest BCUT2D eigenvalue weighted by Crippen LogP contribution is -2.20. The molecule has 0 bridgehead atoms. The highest BCUT2D eigenvalue weighted by Crippen LogP contribution is 2.31. The Labute approximate surface area is 102 Å². The lowest BCUT2D eigenvalue weighted by Gasteiger charge is -2.21. The van der Waals surface area contributed by atoms with Crippen molar-refractivity contribution in [2.75, 3.05) is 24.2 Å². The number of hydrogen-bond acceptors (Lipinski definition) is 4. The molecule has 0 atom stereocenters. The Morgan fingerprint density at radius 2 is 2.17 bits per heavy atom. The maximum absolute atomic E-state index is 13.3. The summed E-state index contributed by atoms with van der Waals surface area (Å²) in [6, 6.07) is 3.94. The van der Waals surface area contributed by atoms with Crippen molar-refractivity contribution in [1.29, 1.82) is 5.26 Å². The Kier molecular flexibility index (Phi) is 4.66. The van der Waals surface area contributed by atoms with Gasteiger partial charge in [0.15, 0.2) is 11.6 Å². The Morgan fingerprint density at radius 3 is 2.72 bits per heavy atom. The number of nitriles is 1. The van der Waals surface area contributed by atoms with E-state index in [2.05, 4.69) is 4.74 Å². The van der Waals surface area contributed by atoms with Gasteiger partial charge in [0.05, 0.1) is 23.9 Å². The molecule has 0 aliphatic rings. The fourth-order valence-electron chi connectivity index (χ4n) is 1.41. The molecule has 0 fully saturated rings. The first-order valence-electron chi connectivity index (χ1n) is 5.07. The molecule has 1 aromatic rings. The fraction of sp³-hybridized carbons (Fsp3) is 0.364. The van der Waals surface area contributed by atoms with Crippen molar-refractivity contribution in [3.05, 3.63) is 17.9 Å². The molecule has 0 aliphatic carbocycles. The van der Waals surface area contributed by atoms with Crippen molar-refractivity contribution in [3.63, 3.8) is 0 Å². The first-order valence-corrected chi connectivity index (χ1v) is 5.07. The average Bonchev–Trinajstić information content (AvgIpc) is 2.29. The summed E-state index contributed by atoms with van der Waals surface area (Å²) < 4.78 is 41.5. The number of alkyl halides is 2. The Hall–Kier alpha value is -2.10. The second-order valence-electron chi connectivity index (χ2n) is 3.55. The highest BCUT2D eigenvalue weighted by atomic mass is 19.3. The van der Waals surface area contributed by atoms with Crippen molar-refractivity contribution in [2.24, 2.45) is 0 Å². The van der Waals surface area contributed by atoms with Crippen LogP contribution in [-0.4, -0.2) is 20.2 Å². The lowest BCUT2D eigenvalue weighted by atomic mass is 10.2. The van der Waals surface area contributed by atoms with Crippen LogP contribution in [0, 0.1) is 17.1 Å². The smallest absolute Gasteiger partial charge is 0.387 e. The maximum Gasteiger partial charge on any atom is 0.387 e. The van der Waals surface area contributed by atoms with Crippen LogP contribution in [0.3, 0.4) is 0 Å². The van der Waals surface area contributed by atoms with Crippen LogP contribution in [0.15, 0.2) is 12.1 Å². The summed E-state index contributed by atoms with van der Waals surface area (Å²) in [4.78, 5) is 1.57. The molecule has 0 heterocycles. The number of nitrogens with two attached hydrogens (primary N) is 1. The highest BCUT2D eigenvalue weighted by Gasteiger charge is 2.15. The largest absolute Gasteiger partial charge is 0.432 e. The molecule has 98 valence electrons. The van der Waals surface area contributed by atoms with Crippen LogP contribution in [0.1, 0.15) is 6.42 Å². The average molecular weight is 259 g/mol. The van der Waals surface area contributed by atoms with Gasteiger partial charge in [-0.2, -0.15) is 14.0 Å². The Morgan fingerprint density at radius 1 is 1.50 bits per heavy atom. The number of benzene rings is 1. The van der Waals surface area contributed by atoms with E-state index in [1.54, 1.807) is 11.9 Å². The number of ether oxygens (including phenoxy) is 1. The second kappa shape index (κ2) is 6.00. The monoisotopic (exact) mass is 259 g/mol. The molecule has 0 radical (unpaired) electrons.